The van der Waals surface area contributed by atoms with Crippen molar-refractivity contribution < 1.29 is 10.2 Å². The van der Waals surface area contributed by atoms with Gasteiger partial charge >= 0.3 is 0 Å². The lowest BCUT2D eigenvalue weighted by Crippen LogP contribution is -2.11. The van der Waals surface area contributed by atoms with Gasteiger partial charge in [-0.2, -0.15) is 0 Å². The molecule has 0 aliphatic carbocycles. The summed E-state index contributed by atoms with van der Waals surface area (Å²) < 4.78 is 0. The highest BCUT2D eigenvalue weighted by Crippen LogP contribution is 2.21. The lowest BCUT2D eigenvalue weighted by molar-refractivity contribution is 0.210. The number of hydrogen-bond acceptors (Lipinski definition) is 2. The van der Waals surface area contributed by atoms with Crippen LogP contribution in [0.25, 0.3) is 0 Å². The van der Waals surface area contributed by atoms with Crippen LogP contribution in [0.3, 0.4) is 0 Å². The van der Waals surface area contributed by atoms with Gasteiger partial charge in [0.05, 0.1) is 6.10 Å². The molecule has 1 aromatic carbocycles. The maximum atomic E-state index is 9.58. The van der Waals surface area contributed by atoms with E-state index in [1.807, 2.05) is 19.1 Å². The molecule has 0 aliphatic rings. The summed E-state index contributed by atoms with van der Waals surface area (Å²) in [6.07, 6.45) is -0.161. The minimum Gasteiger partial charge on any atom is -0.508 e. The first kappa shape index (κ1) is 10.8. The molecular formula is C12H16O2. The number of phenols is 1. The molecule has 1 rings (SSSR count). The van der Waals surface area contributed by atoms with Gasteiger partial charge in [0.1, 0.15) is 5.75 Å². The number of aromatic hydroxyl groups is 1. The fraction of sp³-hybridized carbons (Fsp3) is 0.333. The summed E-state index contributed by atoms with van der Waals surface area (Å²) in [5.74, 6) is 0.232. The van der Waals surface area contributed by atoms with E-state index in [4.69, 9.17) is 0 Å². The van der Waals surface area contributed by atoms with Crippen molar-refractivity contribution in [2.75, 3.05) is 0 Å². The monoisotopic (exact) mass is 192 g/mol. The molecule has 0 amide bonds. The molecule has 0 spiro atoms. The van der Waals surface area contributed by atoms with E-state index in [1.165, 1.54) is 0 Å². The number of phenolic OH excluding ortho intramolecular Hbond substituents is 1. The predicted molar refractivity (Wildman–Crippen MR) is 57.4 cm³/mol. The Labute approximate surface area is 84.5 Å². The molecule has 1 unspecified atom stereocenters. The van der Waals surface area contributed by atoms with Crippen LogP contribution in [-0.2, 0) is 6.42 Å². The van der Waals surface area contributed by atoms with Crippen molar-refractivity contribution >= 4 is 0 Å². The third-order valence-electron chi connectivity index (χ3n) is 2.22. The van der Waals surface area contributed by atoms with Gasteiger partial charge < -0.3 is 10.2 Å². The molecule has 0 saturated heterocycles. The largest absolute Gasteiger partial charge is 0.508 e. The van der Waals surface area contributed by atoms with Crippen molar-refractivity contribution in [1.82, 2.24) is 0 Å². The molecule has 1 atom stereocenters. The zero-order valence-electron chi connectivity index (χ0n) is 8.62. The van der Waals surface area contributed by atoms with Crippen LogP contribution in [0, 0.1) is 6.92 Å². The smallest absolute Gasteiger partial charge is 0.118 e. The van der Waals surface area contributed by atoms with Crippen LogP contribution >= 0.6 is 0 Å². The number of benzene rings is 1. The van der Waals surface area contributed by atoms with Crippen LogP contribution < -0.4 is 0 Å². The van der Waals surface area contributed by atoms with Crippen molar-refractivity contribution in [1.29, 1.82) is 0 Å². The first-order chi connectivity index (χ1) is 6.50. The van der Waals surface area contributed by atoms with Crippen LogP contribution in [0.1, 0.15) is 18.1 Å². The van der Waals surface area contributed by atoms with Crippen molar-refractivity contribution in [3.05, 3.63) is 41.5 Å². The van der Waals surface area contributed by atoms with E-state index in [-0.39, 0.29) is 5.75 Å². The Balaban J connectivity index is 2.85. The van der Waals surface area contributed by atoms with Crippen LogP contribution in [0.4, 0.5) is 0 Å². The summed E-state index contributed by atoms with van der Waals surface area (Å²) in [6, 6.07) is 5.36. The Kier molecular flexibility index (Phi) is 3.31. The zero-order chi connectivity index (χ0) is 10.7. The van der Waals surface area contributed by atoms with Gasteiger partial charge in [0.15, 0.2) is 0 Å². The molecule has 2 N–H and O–H groups in total. The lowest BCUT2D eigenvalue weighted by Gasteiger charge is -2.11. The van der Waals surface area contributed by atoms with Crippen LogP contribution in [0.15, 0.2) is 30.4 Å². The molecular weight excluding hydrogens is 176 g/mol. The summed E-state index contributed by atoms with van der Waals surface area (Å²) >= 11 is 0. The summed E-state index contributed by atoms with van der Waals surface area (Å²) in [5.41, 5.74) is 2.55. The number of hydrogen-bond donors (Lipinski definition) is 2. The zero-order valence-corrected chi connectivity index (χ0v) is 8.62. The predicted octanol–water partition coefficient (Wildman–Crippen LogP) is 2.18. The van der Waals surface area contributed by atoms with Gasteiger partial charge in [0, 0.05) is 6.42 Å². The molecule has 2 nitrogen and oxygen atoms in total. The molecule has 0 fully saturated rings. The minimum atomic E-state index is -0.581. The maximum absolute atomic E-state index is 9.58. The van der Waals surface area contributed by atoms with Gasteiger partial charge in [-0.3, -0.25) is 0 Å². The standard InChI is InChI=1S/C12H16O2/c1-8(2)12(14)7-10-6-9(3)4-5-11(10)13/h4-6,12-14H,1,7H2,2-3H3. The Hall–Kier alpha value is -1.28. The van der Waals surface area contributed by atoms with E-state index in [9.17, 15) is 10.2 Å². The van der Waals surface area contributed by atoms with Crippen molar-refractivity contribution in [2.24, 2.45) is 0 Å². The molecule has 14 heavy (non-hydrogen) atoms. The first-order valence-corrected chi connectivity index (χ1v) is 4.62. The molecule has 0 aromatic heterocycles. The molecule has 0 radical (unpaired) electrons. The van der Waals surface area contributed by atoms with Crippen molar-refractivity contribution in [2.45, 2.75) is 26.4 Å². The summed E-state index contributed by atoms with van der Waals surface area (Å²) in [6.45, 7) is 7.40. The van der Waals surface area contributed by atoms with E-state index >= 15 is 0 Å². The Morgan fingerprint density at radius 2 is 2.14 bits per heavy atom. The molecule has 0 aliphatic heterocycles. The Morgan fingerprint density at radius 1 is 1.50 bits per heavy atom. The van der Waals surface area contributed by atoms with Crippen LogP contribution in [0.2, 0.25) is 0 Å². The fourth-order valence-corrected chi connectivity index (χ4v) is 1.26. The quantitative estimate of drug-likeness (QED) is 0.721. The second kappa shape index (κ2) is 4.29. The Morgan fingerprint density at radius 3 is 2.71 bits per heavy atom. The van der Waals surface area contributed by atoms with Crippen LogP contribution in [0.5, 0.6) is 5.75 Å². The van der Waals surface area contributed by atoms with Gasteiger partial charge in [0.2, 0.25) is 0 Å². The molecule has 76 valence electrons. The van der Waals surface area contributed by atoms with Crippen molar-refractivity contribution in [3.63, 3.8) is 0 Å². The number of aryl methyl sites for hydroxylation is 1. The van der Waals surface area contributed by atoms with E-state index in [0.29, 0.717) is 12.0 Å². The summed E-state index contributed by atoms with van der Waals surface area (Å²) in [7, 11) is 0. The summed E-state index contributed by atoms with van der Waals surface area (Å²) in [4.78, 5) is 0. The lowest BCUT2D eigenvalue weighted by atomic mass is 10.0. The number of aliphatic hydroxyl groups is 1. The molecule has 2 heteroatoms. The molecule has 0 saturated carbocycles. The minimum absolute atomic E-state index is 0.232. The normalized spacial score (nSPS) is 12.5. The third kappa shape index (κ3) is 2.60. The average Bonchev–Trinajstić information content (AvgIpc) is 2.11. The number of aliphatic hydroxyl groups excluding tert-OH is 1. The fourth-order valence-electron chi connectivity index (χ4n) is 1.26. The van der Waals surface area contributed by atoms with E-state index in [1.54, 1.807) is 13.0 Å². The third-order valence-corrected chi connectivity index (χ3v) is 2.22. The molecule has 0 bridgehead atoms. The first-order valence-electron chi connectivity index (χ1n) is 4.62. The Bertz CT molecular complexity index is 342. The van der Waals surface area contributed by atoms with Gasteiger partial charge in [-0.1, -0.05) is 29.8 Å². The van der Waals surface area contributed by atoms with Gasteiger partial charge in [-0.05, 0) is 25.5 Å². The highest BCUT2D eigenvalue weighted by molar-refractivity contribution is 5.36. The van der Waals surface area contributed by atoms with E-state index < -0.39 is 6.10 Å². The van der Waals surface area contributed by atoms with Gasteiger partial charge in [-0.15, -0.1) is 0 Å². The second-order valence-electron chi connectivity index (χ2n) is 3.70. The second-order valence-corrected chi connectivity index (χ2v) is 3.70. The maximum Gasteiger partial charge on any atom is 0.118 e. The van der Waals surface area contributed by atoms with Gasteiger partial charge in [0.25, 0.3) is 0 Å². The molecule has 1 aromatic rings. The topological polar surface area (TPSA) is 40.5 Å². The highest BCUT2D eigenvalue weighted by atomic mass is 16.3. The average molecular weight is 192 g/mol. The van der Waals surface area contributed by atoms with Gasteiger partial charge in [-0.25, -0.2) is 0 Å². The van der Waals surface area contributed by atoms with Crippen molar-refractivity contribution in [3.8, 4) is 5.75 Å². The van der Waals surface area contributed by atoms with E-state index in [2.05, 4.69) is 6.58 Å². The SMILES string of the molecule is C=C(C)C(O)Cc1cc(C)ccc1O. The van der Waals surface area contributed by atoms with Crippen LogP contribution in [-0.4, -0.2) is 16.3 Å². The summed E-state index contributed by atoms with van der Waals surface area (Å²) in [5, 5.41) is 19.1. The van der Waals surface area contributed by atoms with E-state index in [0.717, 1.165) is 11.1 Å². The highest BCUT2D eigenvalue weighted by Gasteiger charge is 2.09. The number of rotatable bonds is 3. The molecule has 0 heterocycles.